The monoisotopic (exact) mass is 523 g/mol. The maximum Gasteiger partial charge on any atom is 0.155 e. The summed E-state index contributed by atoms with van der Waals surface area (Å²) in [5, 5.41) is 0. The SMILES string of the molecule is Cc1ccnc(CC2CCC(CC(=O)CCC3N=C(c4ccc(F)cc4)N=C3CCc3ccccc3)CC2)c1. The minimum absolute atomic E-state index is 0.0877. The lowest BCUT2D eigenvalue weighted by Gasteiger charge is -2.28. The van der Waals surface area contributed by atoms with E-state index in [1.54, 1.807) is 12.1 Å². The van der Waals surface area contributed by atoms with Gasteiger partial charge in [0, 0.05) is 36.0 Å². The number of nitrogens with zero attached hydrogens (tertiary/aromatic N) is 3. The normalized spacial score (nSPS) is 20.9. The van der Waals surface area contributed by atoms with Crippen molar-refractivity contribution in [1.82, 2.24) is 4.98 Å². The first-order valence-electron chi connectivity index (χ1n) is 14.4. The molecule has 1 atom stereocenters. The third-order valence-electron chi connectivity index (χ3n) is 8.18. The molecule has 1 unspecified atom stereocenters. The molecule has 4 nitrogen and oxygen atoms in total. The van der Waals surface area contributed by atoms with Gasteiger partial charge in [0.2, 0.25) is 0 Å². The number of benzene rings is 2. The van der Waals surface area contributed by atoms with Crippen LogP contribution in [-0.4, -0.2) is 28.4 Å². The van der Waals surface area contributed by atoms with E-state index in [1.807, 2.05) is 18.3 Å². The van der Waals surface area contributed by atoms with Crippen molar-refractivity contribution in [3.8, 4) is 0 Å². The van der Waals surface area contributed by atoms with E-state index in [-0.39, 0.29) is 11.9 Å². The number of pyridine rings is 1. The summed E-state index contributed by atoms with van der Waals surface area (Å²) in [5.41, 5.74) is 5.57. The molecule has 202 valence electrons. The molecule has 0 saturated heterocycles. The Kier molecular flexibility index (Phi) is 9.08. The van der Waals surface area contributed by atoms with Crippen molar-refractivity contribution in [2.45, 2.75) is 77.2 Å². The molecule has 2 heterocycles. The highest BCUT2D eigenvalue weighted by molar-refractivity contribution is 6.13. The number of amidine groups is 1. The van der Waals surface area contributed by atoms with Crippen LogP contribution in [0.15, 0.2) is 82.9 Å². The van der Waals surface area contributed by atoms with Gasteiger partial charge in [-0.15, -0.1) is 0 Å². The Hall–Kier alpha value is -3.47. The molecule has 39 heavy (non-hydrogen) atoms. The van der Waals surface area contributed by atoms with E-state index < -0.39 is 0 Å². The molecule has 0 radical (unpaired) electrons. The maximum absolute atomic E-state index is 13.5. The van der Waals surface area contributed by atoms with Crippen LogP contribution in [0.5, 0.6) is 0 Å². The Morgan fingerprint density at radius 3 is 2.41 bits per heavy atom. The molecule has 0 spiro atoms. The second-order valence-corrected chi connectivity index (χ2v) is 11.3. The molecule has 1 aliphatic heterocycles. The van der Waals surface area contributed by atoms with Gasteiger partial charge in [-0.2, -0.15) is 0 Å². The summed E-state index contributed by atoms with van der Waals surface area (Å²) in [7, 11) is 0. The van der Waals surface area contributed by atoms with Crippen molar-refractivity contribution in [1.29, 1.82) is 0 Å². The highest BCUT2D eigenvalue weighted by Gasteiger charge is 2.26. The van der Waals surface area contributed by atoms with Crippen LogP contribution in [0, 0.1) is 24.6 Å². The summed E-state index contributed by atoms with van der Waals surface area (Å²) in [6.45, 7) is 2.12. The highest BCUT2D eigenvalue weighted by atomic mass is 19.1. The Labute approximate surface area is 231 Å². The average molecular weight is 524 g/mol. The number of rotatable bonds is 11. The van der Waals surface area contributed by atoms with Crippen molar-refractivity contribution in [3.63, 3.8) is 0 Å². The van der Waals surface area contributed by atoms with Crippen molar-refractivity contribution in [3.05, 3.63) is 101 Å². The minimum Gasteiger partial charge on any atom is -0.300 e. The maximum atomic E-state index is 13.5. The molecule has 5 heteroatoms. The van der Waals surface area contributed by atoms with E-state index in [0.717, 1.165) is 43.4 Å². The number of aromatic nitrogens is 1. The molecule has 2 aromatic carbocycles. The fourth-order valence-electron chi connectivity index (χ4n) is 5.94. The molecule has 0 bridgehead atoms. The molecule has 3 aromatic rings. The van der Waals surface area contributed by atoms with Gasteiger partial charge < -0.3 is 0 Å². The molecule has 1 aromatic heterocycles. The molecular weight excluding hydrogens is 485 g/mol. The van der Waals surface area contributed by atoms with Crippen LogP contribution in [0.1, 0.15) is 73.8 Å². The van der Waals surface area contributed by atoms with Crippen molar-refractivity contribution in [2.75, 3.05) is 0 Å². The second-order valence-electron chi connectivity index (χ2n) is 11.3. The lowest BCUT2D eigenvalue weighted by Crippen LogP contribution is -2.21. The summed E-state index contributed by atoms with van der Waals surface area (Å²) >= 11 is 0. The summed E-state index contributed by atoms with van der Waals surface area (Å²) in [6, 6.07) is 20.9. The summed E-state index contributed by atoms with van der Waals surface area (Å²) in [6.07, 6.45) is 11.1. The topological polar surface area (TPSA) is 54.7 Å². The molecule has 0 N–H and O–H groups in total. The second kappa shape index (κ2) is 13.1. The van der Waals surface area contributed by atoms with E-state index in [0.29, 0.717) is 42.7 Å². The quantitative estimate of drug-likeness (QED) is 0.261. The Morgan fingerprint density at radius 1 is 0.923 bits per heavy atom. The number of halogens is 1. The van der Waals surface area contributed by atoms with Gasteiger partial charge in [-0.3, -0.25) is 14.8 Å². The van der Waals surface area contributed by atoms with E-state index in [9.17, 15) is 9.18 Å². The molecule has 1 fully saturated rings. The zero-order valence-corrected chi connectivity index (χ0v) is 22.9. The van der Waals surface area contributed by atoms with Gasteiger partial charge in [-0.1, -0.05) is 30.3 Å². The van der Waals surface area contributed by atoms with Crippen LogP contribution in [0.3, 0.4) is 0 Å². The van der Waals surface area contributed by atoms with Crippen molar-refractivity contribution >= 4 is 17.3 Å². The molecule has 5 rings (SSSR count). The number of hydrogen-bond donors (Lipinski definition) is 0. The Morgan fingerprint density at radius 2 is 1.67 bits per heavy atom. The van der Waals surface area contributed by atoms with E-state index in [1.165, 1.54) is 41.8 Å². The molecule has 0 amide bonds. The fraction of sp³-hybridized carbons (Fsp3) is 0.412. The first-order valence-corrected chi connectivity index (χ1v) is 14.4. The van der Waals surface area contributed by atoms with Gasteiger partial charge in [0.1, 0.15) is 11.6 Å². The summed E-state index contributed by atoms with van der Waals surface area (Å²) in [4.78, 5) is 27.3. The van der Waals surface area contributed by atoms with Crippen LogP contribution in [0.25, 0.3) is 0 Å². The van der Waals surface area contributed by atoms with Crippen LogP contribution in [0.2, 0.25) is 0 Å². The first-order chi connectivity index (χ1) is 19.0. The van der Waals surface area contributed by atoms with Gasteiger partial charge in [-0.25, -0.2) is 9.38 Å². The van der Waals surface area contributed by atoms with Gasteiger partial charge in [-0.05, 0) is 118 Å². The third-order valence-corrected chi connectivity index (χ3v) is 8.18. The molecule has 1 saturated carbocycles. The van der Waals surface area contributed by atoms with Gasteiger partial charge in [0.25, 0.3) is 0 Å². The lowest BCUT2D eigenvalue weighted by atomic mass is 9.77. The molecular formula is C34H38FN3O. The predicted octanol–water partition coefficient (Wildman–Crippen LogP) is 7.52. The summed E-state index contributed by atoms with van der Waals surface area (Å²) in [5.74, 6) is 1.89. The molecule has 1 aliphatic carbocycles. The number of aliphatic imine (C=N–C) groups is 2. The largest absolute Gasteiger partial charge is 0.300 e. The first kappa shape index (κ1) is 27.1. The van der Waals surface area contributed by atoms with E-state index >= 15 is 0 Å². The zero-order valence-electron chi connectivity index (χ0n) is 22.9. The fourth-order valence-corrected chi connectivity index (χ4v) is 5.94. The number of aryl methyl sites for hydroxylation is 2. The van der Waals surface area contributed by atoms with Gasteiger partial charge >= 0.3 is 0 Å². The van der Waals surface area contributed by atoms with Crippen molar-refractivity contribution in [2.24, 2.45) is 21.8 Å². The number of carbonyl (C=O) groups is 1. The Balaban J connectivity index is 1.13. The number of hydrogen-bond acceptors (Lipinski definition) is 4. The molecule has 2 aliphatic rings. The van der Waals surface area contributed by atoms with Crippen LogP contribution >= 0.6 is 0 Å². The highest BCUT2D eigenvalue weighted by Crippen LogP contribution is 2.33. The van der Waals surface area contributed by atoms with Gasteiger partial charge in [0.15, 0.2) is 5.84 Å². The van der Waals surface area contributed by atoms with Crippen molar-refractivity contribution < 1.29 is 9.18 Å². The van der Waals surface area contributed by atoms with Crippen LogP contribution in [-0.2, 0) is 17.6 Å². The lowest BCUT2D eigenvalue weighted by molar-refractivity contribution is -0.120. The zero-order chi connectivity index (χ0) is 27.0. The summed E-state index contributed by atoms with van der Waals surface area (Å²) < 4.78 is 13.5. The average Bonchev–Trinajstić information content (AvgIpc) is 3.36. The van der Waals surface area contributed by atoms with Crippen LogP contribution < -0.4 is 0 Å². The number of ketones is 1. The number of Topliss-reactive ketones (excluding diaryl/α,β-unsaturated/α-hetero) is 1. The standard InChI is InChI=1S/C34H38FN3O/c1-24-19-20-36-30(21-24)22-26-7-9-27(10-8-26)23-31(39)16-18-33-32(17-11-25-5-3-2-4-6-25)37-34(38-33)28-12-14-29(35)15-13-28/h2-6,12-15,19-21,26-27,33H,7-11,16-18,22-23H2,1H3. The van der Waals surface area contributed by atoms with Crippen LogP contribution in [0.4, 0.5) is 4.39 Å². The third kappa shape index (κ3) is 7.78. The van der Waals surface area contributed by atoms with E-state index in [2.05, 4.69) is 42.2 Å². The predicted molar refractivity (Wildman–Crippen MR) is 156 cm³/mol. The Bertz CT molecular complexity index is 1310. The number of carbonyl (C=O) groups excluding carboxylic acids is 1. The minimum atomic E-state index is -0.270. The van der Waals surface area contributed by atoms with Gasteiger partial charge in [0.05, 0.1) is 6.04 Å². The van der Waals surface area contributed by atoms with E-state index in [4.69, 9.17) is 9.98 Å². The smallest absolute Gasteiger partial charge is 0.155 e.